The Hall–Kier alpha value is -5.06. The van der Waals surface area contributed by atoms with Gasteiger partial charge in [0.15, 0.2) is 11.5 Å². The van der Waals surface area contributed by atoms with Crippen LogP contribution in [0.4, 0.5) is 17.3 Å². The van der Waals surface area contributed by atoms with Crippen LogP contribution in [0, 0.1) is 0 Å². The Morgan fingerprint density at radius 1 is 0.946 bits per heavy atom. The van der Waals surface area contributed by atoms with Crippen LogP contribution in [0.2, 0.25) is 0 Å². The molecule has 11 nitrogen and oxygen atoms in total. The van der Waals surface area contributed by atoms with E-state index in [0.29, 0.717) is 54.7 Å². The van der Waals surface area contributed by atoms with Gasteiger partial charge in [0, 0.05) is 44.1 Å². The minimum Gasteiger partial charge on any atom is -0.457 e. The Morgan fingerprint density at radius 2 is 1.78 bits per heavy atom. The molecule has 5 heterocycles. The number of amides is 1. The summed E-state index contributed by atoms with van der Waals surface area (Å²) in [5, 5.41) is 7.44. The number of aromatic nitrogens is 6. The number of carbonyl (C=O) groups is 1. The van der Waals surface area contributed by atoms with Gasteiger partial charge in [-0.15, -0.1) is 0 Å². The largest absolute Gasteiger partial charge is 0.457 e. The highest BCUT2D eigenvalue weighted by Gasteiger charge is 2.21. The number of piperazine rings is 1. The second kappa shape index (κ2) is 9.53. The monoisotopic (exact) mass is 493 g/mol. The molecule has 184 valence electrons. The zero-order valence-corrected chi connectivity index (χ0v) is 19.9. The van der Waals surface area contributed by atoms with Gasteiger partial charge in [0.1, 0.15) is 35.5 Å². The van der Waals surface area contributed by atoms with Gasteiger partial charge >= 0.3 is 0 Å². The predicted molar refractivity (Wildman–Crippen MR) is 139 cm³/mol. The molecular weight excluding hydrogens is 470 g/mol. The normalized spacial score (nSPS) is 13.6. The van der Waals surface area contributed by atoms with Gasteiger partial charge < -0.3 is 19.9 Å². The molecule has 0 saturated carbocycles. The standard InChI is InChI=1S/C26H23N9O2/c1-2-24(36)34-13-11-33(12-14-34)22-8-7-21-25(32-22)26(29-16-27-21)31-18-3-5-19(6-4-18)37-20-9-10-35-23(15-20)28-17-30-35/h2-10,15-17H,1,11-14H2,(H,27,29,31). The first-order chi connectivity index (χ1) is 18.2. The molecule has 11 heteroatoms. The minimum absolute atomic E-state index is 0.0428. The van der Waals surface area contributed by atoms with Crippen molar-refractivity contribution in [2.75, 3.05) is 36.4 Å². The quantitative estimate of drug-likeness (QED) is 0.355. The molecule has 0 atom stereocenters. The molecule has 1 fully saturated rings. The molecule has 5 aromatic rings. The molecule has 1 amide bonds. The summed E-state index contributed by atoms with van der Waals surface area (Å²) in [4.78, 5) is 33.7. The van der Waals surface area contributed by atoms with Crippen molar-refractivity contribution in [1.82, 2.24) is 34.4 Å². The average Bonchev–Trinajstić information content (AvgIpc) is 3.42. The van der Waals surface area contributed by atoms with E-state index >= 15 is 0 Å². The lowest BCUT2D eigenvalue weighted by atomic mass is 10.2. The Kier molecular flexibility index (Phi) is 5.77. The van der Waals surface area contributed by atoms with E-state index < -0.39 is 0 Å². The van der Waals surface area contributed by atoms with Crippen molar-refractivity contribution in [2.45, 2.75) is 0 Å². The van der Waals surface area contributed by atoms with Gasteiger partial charge in [0.25, 0.3) is 0 Å². The predicted octanol–water partition coefficient (Wildman–Crippen LogP) is 3.44. The van der Waals surface area contributed by atoms with Gasteiger partial charge in [-0.25, -0.2) is 24.5 Å². The van der Waals surface area contributed by atoms with E-state index in [0.717, 1.165) is 17.0 Å². The summed E-state index contributed by atoms with van der Waals surface area (Å²) in [7, 11) is 0. The summed E-state index contributed by atoms with van der Waals surface area (Å²) in [6.45, 7) is 6.22. The summed E-state index contributed by atoms with van der Waals surface area (Å²) in [6, 6.07) is 15.1. The second-order valence-corrected chi connectivity index (χ2v) is 8.45. The number of pyridine rings is 2. The maximum Gasteiger partial charge on any atom is 0.246 e. The van der Waals surface area contributed by atoms with Crippen molar-refractivity contribution >= 4 is 39.9 Å². The zero-order valence-electron chi connectivity index (χ0n) is 19.9. The number of ether oxygens (including phenoxy) is 1. The fourth-order valence-corrected chi connectivity index (χ4v) is 4.22. The van der Waals surface area contributed by atoms with E-state index in [2.05, 4.69) is 36.8 Å². The van der Waals surface area contributed by atoms with Gasteiger partial charge in [0.05, 0.1) is 5.52 Å². The fraction of sp³-hybridized carbons (Fsp3) is 0.154. The topological polar surface area (TPSA) is 114 Å². The maximum atomic E-state index is 11.9. The lowest BCUT2D eigenvalue weighted by molar-refractivity contribution is -0.126. The number of fused-ring (bicyclic) bond motifs is 2. The Morgan fingerprint density at radius 3 is 2.59 bits per heavy atom. The van der Waals surface area contributed by atoms with Gasteiger partial charge in [-0.05, 0) is 48.5 Å². The van der Waals surface area contributed by atoms with Gasteiger partial charge in [0.2, 0.25) is 5.91 Å². The van der Waals surface area contributed by atoms with Crippen molar-refractivity contribution in [3.05, 3.63) is 80.0 Å². The first kappa shape index (κ1) is 22.4. The van der Waals surface area contributed by atoms with Crippen molar-refractivity contribution in [1.29, 1.82) is 0 Å². The number of nitrogens with zero attached hydrogens (tertiary/aromatic N) is 8. The molecular formula is C26H23N9O2. The molecule has 4 aromatic heterocycles. The van der Waals surface area contributed by atoms with Crippen molar-refractivity contribution in [3.8, 4) is 11.5 Å². The Bertz CT molecular complexity index is 1590. The second-order valence-electron chi connectivity index (χ2n) is 8.45. The molecule has 0 aliphatic carbocycles. The van der Waals surface area contributed by atoms with E-state index in [9.17, 15) is 4.79 Å². The number of anilines is 3. The summed E-state index contributed by atoms with van der Waals surface area (Å²) >= 11 is 0. The minimum atomic E-state index is -0.0428. The van der Waals surface area contributed by atoms with Crippen LogP contribution in [0.5, 0.6) is 11.5 Å². The van der Waals surface area contributed by atoms with Crippen molar-refractivity contribution in [3.63, 3.8) is 0 Å². The average molecular weight is 494 g/mol. The summed E-state index contributed by atoms with van der Waals surface area (Å²) in [5.74, 6) is 2.76. The summed E-state index contributed by atoms with van der Waals surface area (Å²) < 4.78 is 7.64. The molecule has 1 aromatic carbocycles. The molecule has 0 radical (unpaired) electrons. The van der Waals surface area contributed by atoms with Crippen LogP contribution in [0.25, 0.3) is 16.7 Å². The van der Waals surface area contributed by atoms with Crippen LogP contribution in [0.1, 0.15) is 0 Å². The molecule has 37 heavy (non-hydrogen) atoms. The Labute approximate surface area is 212 Å². The van der Waals surface area contributed by atoms with Crippen LogP contribution in [0.15, 0.2) is 80.0 Å². The molecule has 1 aliphatic rings. The molecule has 6 rings (SSSR count). The SMILES string of the molecule is C=CC(=O)N1CCN(c2ccc3ncnc(Nc4ccc(Oc5ccn6ncnc6c5)cc4)c3n2)CC1. The van der Waals surface area contributed by atoms with Crippen LogP contribution in [-0.2, 0) is 4.79 Å². The molecule has 1 aliphatic heterocycles. The first-order valence-corrected chi connectivity index (χ1v) is 11.8. The maximum absolute atomic E-state index is 11.9. The number of nitrogens with one attached hydrogen (secondary N) is 1. The third-order valence-corrected chi connectivity index (χ3v) is 6.16. The van der Waals surface area contributed by atoms with Gasteiger partial charge in [-0.3, -0.25) is 4.79 Å². The zero-order chi connectivity index (χ0) is 25.2. The van der Waals surface area contributed by atoms with Gasteiger partial charge in [-0.2, -0.15) is 5.10 Å². The lowest BCUT2D eigenvalue weighted by Crippen LogP contribution is -2.48. The number of carbonyl (C=O) groups excluding carboxylic acids is 1. The molecule has 0 unspecified atom stereocenters. The highest BCUT2D eigenvalue weighted by Crippen LogP contribution is 2.27. The van der Waals surface area contributed by atoms with E-state index in [4.69, 9.17) is 9.72 Å². The first-order valence-electron chi connectivity index (χ1n) is 11.8. The van der Waals surface area contributed by atoms with Crippen LogP contribution < -0.4 is 15.0 Å². The number of hydrogen-bond acceptors (Lipinski definition) is 9. The van der Waals surface area contributed by atoms with Crippen LogP contribution in [0.3, 0.4) is 0 Å². The molecule has 0 spiro atoms. The van der Waals surface area contributed by atoms with E-state index in [1.54, 1.807) is 15.6 Å². The Balaban J connectivity index is 1.18. The highest BCUT2D eigenvalue weighted by molar-refractivity contribution is 5.88. The summed E-state index contributed by atoms with van der Waals surface area (Å²) in [5.41, 5.74) is 2.96. The van der Waals surface area contributed by atoms with E-state index in [1.807, 2.05) is 48.5 Å². The number of benzene rings is 1. The molecule has 1 saturated heterocycles. The van der Waals surface area contributed by atoms with Crippen LogP contribution >= 0.6 is 0 Å². The number of hydrogen-bond donors (Lipinski definition) is 1. The smallest absolute Gasteiger partial charge is 0.246 e. The fourth-order valence-electron chi connectivity index (χ4n) is 4.22. The van der Waals surface area contributed by atoms with Crippen LogP contribution in [-0.4, -0.2) is 66.5 Å². The highest BCUT2D eigenvalue weighted by atomic mass is 16.5. The van der Waals surface area contributed by atoms with Gasteiger partial charge in [-0.1, -0.05) is 6.58 Å². The van der Waals surface area contributed by atoms with Crippen molar-refractivity contribution < 1.29 is 9.53 Å². The third-order valence-electron chi connectivity index (χ3n) is 6.16. The lowest BCUT2D eigenvalue weighted by Gasteiger charge is -2.35. The summed E-state index contributed by atoms with van der Waals surface area (Å²) in [6.07, 6.45) is 6.18. The van der Waals surface area contributed by atoms with Crippen molar-refractivity contribution in [2.24, 2.45) is 0 Å². The molecule has 0 bridgehead atoms. The molecule has 1 N–H and O–H groups in total. The van der Waals surface area contributed by atoms with E-state index in [1.165, 1.54) is 18.7 Å². The van der Waals surface area contributed by atoms with E-state index in [-0.39, 0.29) is 5.91 Å². The third kappa shape index (κ3) is 4.61. The number of rotatable bonds is 6.